The third kappa shape index (κ3) is 52.0. The number of rotatable bonds is 46. The van der Waals surface area contributed by atoms with Gasteiger partial charge in [-0.1, -0.05) is 187 Å². The molecule has 372 valence electrons. The number of hydrogen-bond acceptors (Lipinski definition) is 6. The Hall–Kier alpha value is -2.84. The molecule has 2 unspecified atom stereocenters. The zero-order valence-corrected chi connectivity index (χ0v) is 43.1. The van der Waals surface area contributed by atoms with Crippen LogP contribution in [0.5, 0.6) is 0 Å². The molecule has 0 aromatic rings. The zero-order chi connectivity index (χ0) is 47.6. The summed E-state index contributed by atoms with van der Waals surface area (Å²) in [4.78, 5) is 23.0. The van der Waals surface area contributed by atoms with E-state index in [1.807, 2.05) is 21.1 Å². The number of hydrogen-bond donors (Lipinski definition) is 1. The van der Waals surface area contributed by atoms with Crippen molar-refractivity contribution in [2.75, 3.05) is 54.1 Å². The average molecular weight is 927 g/mol. The molecular weight excluding hydrogens is 830 g/mol. The van der Waals surface area contributed by atoms with Crippen LogP contribution in [0.3, 0.4) is 0 Å². The predicted molar refractivity (Wildman–Crippen MR) is 279 cm³/mol. The molecule has 0 amide bonds. The van der Waals surface area contributed by atoms with Crippen molar-refractivity contribution in [1.82, 2.24) is 0 Å². The average Bonchev–Trinajstić information content (AvgIpc) is 3.27. The Morgan fingerprint density at radius 2 is 0.892 bits per heavy atom. The van der Waals surface area contributed by atoms with E-state index in [4.69, 9.17) is 18.5 Å². The lowest BCUT2D eigenvalue weighted by Crippen LogP contribution is -2.37. The second-order valence-electron chi connectivity index (χ2n) is 17.8. The minimum Gasteiger partial charge on any atom is -0.457 e. The van der Waals surface area contributed by atoms with Crippen LogP contribution in [-0.2, 0) is 27.9 Å². The first kappa shape index (κ1) is 62.2. The largest absolute Gasteiger partial charge is 0.472 e. The monoisotopic (exact) mass is 927 g/mol. The van der Waals surface area contributed by atoms with Gasteiger partial charge in [0.25, 0.3) is 0 Å². The van der Waals surface area contributed by atoms with Crippen LogP contribution in [0.15, 0.2) is 109 Å². The fourth-order valence-electron chi connectivity index (χ4n) is 6.39. The smallest absolute Gasteiger partial charge is 0.457 e. The molecule has 0 spiro atoms. The molecule has 0 fully saturated rings. The third-order valence-electron chi connectivity index (χ3n) is 10.3. The maximum atomic E-state index is 12.7. The molecule has 0 rings (SSSR count). The summed E-state index contributed by atoms with van der Waals surface area (Å²) in [7, 11) is 1.61. The second-order valence-corrected chi connectivity index (χ2v) is 19.3. The highest BCUT2D eigenvalue weighted by Crippen LogP contribution is 2.43. The Morgan fingerprint density at radius 1 is 0.492 bits per heavy atom. The summed E-state index contributed by atoms with van der Waals surface area (Å²) in [5.74, 6) is -0.375. The van der Waals surface area contributed by atoms with Crippen LogP contribution >= 0.6 is 7.82 Å². The summed E-state index contributed by atoms with van der Waals surface area (Å²) in [6, 6.07) is 0. The molecule has 0 aliphatic rings. The Morgan fingerprint density at radius 3 is 1.34 bits per heavy atom. The molecule has 0 saturated carbocycles. The number of allylic oxidation sites excluding steroid dienone is 18. The van der Waals surface area contributed by atoms with Crippen LogP contribution in [0.1, 0.15) is 181 Å². The van der Waals surface area contributed by atoms with Crippen molar-refractivity contribution < 1.29 is 37.3 Å². The number of carbonyl (C=O) groups excluding carboxylic acids is 1. The van der Waals surface area contributed by atoms with Crippen LogP contribution in [0, 0.1) is 0 Å². The van der Waals surface area contributed by atoms with Gasteiger partial charge in [-0.3, -0.25) is 13.8 Å². The Kier molecular flexibility index (Phi) is 45.6. The van der Waals surface area contributed by atoms with Crippen LogP contribution in [-0.4, -0.2) is 75.6 Å². The quantitative estimate of drug-likeness (QED) is 0.0214. The van der Waals surface area contributed by atoms with Gasteiger partial charge in [0.2, 0.25) is 0 Å². The van der Waals surface area contributed by atoms with E-state index >= 15 is 0 Å². The van der Waals surface area contributed by atoms with Gasteiger partial charge in [0, 0.05) is 13.0 Å². The van der Waals surface area contributed by atoms with Crippen molar-refractivity contribution in [1.29, 1.82) is 0 Å². The highest BCUT2D eigenvalue weighted by molar-refractivity contribution is 7.47. The molecule has 1 N–H and O–H groups in total. The van der Waals surface area contributed by atoms with Gasteiger partial charge in [0.1, 0.15) is 19.3 Å². The molecule has 0 saturated heterocycles. The van der Waals surface area contributed by atoms with Gasteiger partial charge in [-0.15, -0.1) is 0 Å². The first-order valence-electron chi connectivity index (χ1n) is 25.6. The first-order valence-corrected chi connectivity index (χ1v) is 27.1. The summed E-state index contributed by atoms with van der Waals surface area (Å²) in [5.41, 5.74) is 0. The maximum Gasteiger partial charge on any atom is 0.472 e. The van der Waals surface area contributed by atoms with Crippen molar-refractivity contribution in [2.45, 2.75) is 187 Å². The minimum atomic E-state index is -4.31. The topological polar surface area (TPSA) is 91.3 Å². The summed E-state index contributed by atoms with van der Waals surface area (Å²) in [6.07, 6.45) is 67.1. The third-order valence-corrected chi connectivity index (χ3v) is 11.3. The molecule has 8 nitrogen and oxygen atoms in total. The lowest BCUT2D eigenvalue weighted by molar-refractivity contribution is -0.870. The Labute approximate surface area is 400 Å². The van der Waals surface area contributed by atoms with Gasteiger partial charge < -0.3 is 18.9 Å². The number of likely N-dealkylation sites (N-methyl/N-ethyl adjacent to an activating group) is 1. The van der Waals surface area contributed by atoms with Crippen molar-refractivity contribution in [3.05, 3.63) is 109 Å². The van der Waals surface area contributed by atoms with Crippen molar-refractivity contribution in [3.8, 4) is 0 Å². The summed E-state index contributed by atoms with van der Waals surface area (Å²) in [5, 5.41) is 0. The molecule has 0 bridgehead atoms. The van der Waals surface area contributed by atoms with Gasteiger partial charge in [-0.2, -0.15) is 0 Å². The molecule has 0 aliphatic heterocycles. The van der Waals surface area contributed by atoms with E-state index in [1.165, 1.54) is 83.5 Å². The number of phosphoric acid groups is 1. The molecule has 0 aromatic carbocycles. The Bertz CT molecular complexity index is 1400. The fraction of sp³-hybridized carbons (Fsp3) is 0.661. The number of phosphoric ester groups is 1. The molecular formula is C56H97NO7P+. The number of esters is 1. The number of ether oxygens (including phenoxy) is 2. The molecule has 0 aliphatic carbocycles. The number of nitrogens with zero attached hydrogens (tertiary/aromatic N) is 1. The van der Waals surface area contributed by atoms with Crippen LogP contribution in [0.25, 0.3) is 0 Å². The van der Waals surface area contributed by atoms with E-state index in [1.54, 1.807) is 0 Å². The van der Waals surface area contributed by atoms with Gasteiger partial charge in [-0.25, -0.2) is 4.57 Å². The van der Waals surface area contributed by atoms with Crippen LogP contribution < -0.4 is 0 Å². The van der Waals surface area contributed by atoms with Crippen molar-refractivity contribution in [3.63, 3.8) is 0 Å². The van der Waals surface area contributed by atoms with Crippen molar-refractivity contribution in [2.24, 2.45) is 0 Å². The van der Waals surface area contributed by atoms with E-state index < -0.39 is 13.9 Å². The van der Waals surface area contributed by atoms with Gasteiger partial charge in [0.15, 0.2) is 0 Å². The van der Waals surface area contributed by atoms with E-state index in [2.05, 4.69) is 123 Å². The number of unbranched alkanes of at least 4 members (excludes halogenated alkanes) is 14. The summed E-state index contributed by atoms with van der Waals surface area (Å²) in [6.45, 7) is 5.38. The highest BCUT2D eigenvalue weighted by atomic mass is 31.2. The van der Waals surface area contributed by atoms with E-state index in [-0.39, 0.29) is 32.2 Å². The molecule has 2 atom stereocenters. The normalized spacial score (nSPS) is 14.5. The predicted octanol–water partition coefficient (Wildman–Crippen LogP) is 15.9. The number of quaternary nitrogens is 1. The summed E-state index contributed by atoms with van der Waals surface area (Å²) >= 11 is 0. The molecule has 65 heavy (non-hydrogen) atoms. The van der Waals surface area contributed by atoms with Crippen molar-refractivity contribution >= 4 is 13.8 Å². The molecule has 9 heteroatoms. The molecule has 0 aromatic heterocycles. The van der Waals surface area contributed by atoms with Gasteiger partial charge >= 0.3 is 13.8 Å². The first-order chi connectivity index (χ1) is 31.6. The van der Waals surface area contributed by atoms with Gasteiger partial charge in [-0.05, 0) is 96.3 Å². The van der Waals surface area contributed by atoms with Crippen LogP contribution in [0.4, 0.5) is 0 Å². The molecule has 0 heterocycles. The highest BCUT2D eigenvalue weighted by Gasteiger charge is 2.26. The van der Waals surface area contributed by atoms with E-state index in [0.717, 1.165) is 70.6 Å². The van der Waals surface area contributed by atoms with Gasteiger partial charge in [0.05, 0.1) is 34.4 Å². The van der Waals surface area contributed by atoms with Crippen LogP contribution in [0.2, 0.25) is 0 Å². The minimum absolute atomic E-state index is 0.0709. The number of carbonyl (C=O) groups is 1. The van der Waals surface area contributed by atoms with E-state index in [9.17, 15) is 14.3 Å². The summed E-state index contributed by atoms with van der Waals surface area (Å²) < 4.78 is 35.1. The standard InChI is InChI=1S/C56H96NO7P/c1-6-8-10-12-14-16-18-20-22-24-26-28-29-30-31-33-35-37-39-41-43-45-47-49-56(58)64-55(54-63-65(59,60)62-52-50-57(3,4)5)53-61-51-48-46-44-42-40-38-36-34-32-27-25-23-21-19-17-15-13-11-9-7-2/h8,10,14-17,20-23,26,28,30-31,35,37,41,43,55H,6-7,9,11-13,18-19,24-25,27,29,32-34,36,38-40,42,44-54H2,1-5H3/p+1/b10-8-,16-14-,17-15-,22-20-,23-21-,28-26-,31-30-,37-35-,43-41-. The zero-order valence-electron chi connectivity index (χ0n) is 42.2. The molecule has 0 radical (unpaired) electrons. The van der Waals surface area contributed by atoms with E-state index in [0.29, 0.717) is 24.1 Å². The lowest BCUT2D eigenvalue weighted by Gasteiger charge is -2.24. The maximum absolute atomic E-state index is 12.7. The SMILES string of the molecule is CC/C=C\C/C=C\C/C=C\C/C=C\C/C=C\C/C=C\C/C=C\CCCC(=O)OC(COCCCCCCCCCCCC/C=C\C/C=C\CCCCC)COP(=O)(O)OCC[N+](C)(C)C. The second kappa shape index (κ2) is 47.6. The fourth-order valence-corrected chi connectivity index (χ4v) is 7.14. The lowest BCUT2D eigenvalue weighted by atomic mass is 10.1. The Balaban J connectivity index is 4.30.